The van der Waals surface area contributed by atoms with E-state index in [2.05, 4.69) is 9.88 Å². The van der Waals surface area contributed by atoms with E-state index >= 15 is 0 Å². The number of carbonyl (C=O) groups is 1. The lowest BCUT2D eigenvalue weighted by Gasteiger charge is -2.39. The minimum atomic E-state index is -2.44. The average Bonchev–Trinajstić information content (AvgIpc) is 2.98. The summed E-state index contributed by atoms with van der Waals surface area (Å²) < 4.78 is 42.8. The third-order valence-electron chi connectivity index (χ3n) is 7.43. The van der Waals surface area contributed by atoms with Crippen molar-refractivity contribution in [3.05, 3.63) is 102 Å². The summed E-state index contributed by atoms with van der Waals surface area (Å²) in [7, 11) is 0. The summed E-state index contributed by atoms with van der Waals surface area (Å²) in [5.41, 5.74) is 4.19. The Kier molecular flexibility index (Phi) is 9.43. The van der Waals surface area contributed by atoms with Crippen LogP contribution in [0.15, 0.2) is 78.9 Å². The maximum absolute atomic E-state index is 13.2. The van der Waals surface area contributed by atoms with Crippen molar-refractivity contribution in [3.8, 4) is 5.75 Å². The molecule has 2 N–H and O–H groups in total. The number of carboxylic acids is 1. The minimum Gasteiger partial charge on any atom is -0.489 e. The molecule has 1 aromatic heterocycles. The molecule has 220 valence electrons. The maximum atomic E-state index is 13.2. The number of hydrogen-bond acceptors (Lipinski definition) is 6. The molecular formula is C31H33FN4O5S. The summed E-state index contributed by atoms with van der Waals surface area (Å²) in [4.78, 5) is 20.8. The summed E-state index contributed by atoms with van der Waals surface area (Å²) in [5, 5.41) is 11.0. The first-order valence-electron chi connectivity index (χ1n) is 13.7. The van der Waals surface area contributed by atoms with E-state index in [0.717, 1.165) is 27.7 Å². The molecule has 2 atom stereocenters. The molecule has 5 rings (SSSR count). The highest BCUT2D eigenvalue weighted by atomic mass is 32.2. The van der Waals surface area contributed by atoms with Gasteiger partial charge in [-0.1, -0.05) is 30.3 Å². The third-order valence-corrected chi connectivity index (χ3v) is 8.17. The molecule has 0 bridgehead atoms. The van der Waals surface area contributed by atoms with E-state index < -0.39 is 23.3 Å². The number of para-hydroxylation sites is 1. The zero-order valence-corrected chi connectivity index (χ0v) is 24.0. The van der Waals surface area contributed by atoms with Gasteiger partial charge in [-0.2, -0.15) is 0 Å². The standard InChI is InChI=1S/C31H33FN4O5S/c1-22-18-24(28-4-2-3-5-29(28)33-22)21-41-27-12-10-26(11-13-27)36(42(39)40)20-30(31(37)38)35-16-14-34(15-17-35)19-23-6-8-25(32)9-7-23/h2-13,18,30H,14-17,19-21H2,1H3,(H,37,38)(H,39,40). The third kappa shape index (κ3) is 7.29. The maximum Gasteiger partial charge on any atom is 0.322 e. The molecule has 11 heteroatoms. The van der Waals surface area contributed by atoms with Crippen LogP contribution >= 0.6 is 0 Å². The number of aliphatic carboxylic acids is 1. The van der Waals surface area contributed by atoms with Crippen LogP contribution in [-0.4, -0.2) is 73.4 Å². The summed E-state index contributed by atoms with van der Waals surface area (Å²) in [5.74, 6) is -0.764. The van der Waals surface area contributed by atoms with Crippen LogP contribution in [0.5, 0.6) is 5.75 Å². The van der Waals surface area contributed by atoms with Crippen LogP contribution in [0.4, 0.5) is 10.1 Å². The van der Waals surface area contributed by atoms with Crippen molar-refractivity contribution in [2.45, 2.75) is 26.1 Å². The van der Waals surface area contributed by atoms with Crippen LogP contribution in [0.1, 0.15) is 16.8 Å². The van der Waals surface area contributed by atoms with Gasteiger partial charge >= 0.3 is 5.97 Å². The molecule has 0 radical (unpaired) electrons. The van der Waals surface area contributed by atoms with E-state index in [1.807, 2.05) is 42.2 Å². The van der Waals surface area contributed by atoms with Gasteiger partial charge in [0.1, 0.15) is 24.2 Å². The highest BCUT2D eigenvalue weighted by Crippen LogP contribution is 2.25. The molecular weight excluding hydrogens is 559 g/mol. The van der Waals surface area contributed by atoms with Crippen LogP contribution in [0.25, 0.3) is 10.9 Å². The molecule has 0 saturated carbocycles. The highest BCUT2D eigenvalue weighted by Gasteiger charge is 2.32. The first-order valence-corrected chi connectivity index (χ1v) is 14.7. The zero-order chi connectivity index (χ0) is 29.6. The number of fused-ring (bicyclic) bond motifs is 1. The molecule has 0 aliphatic carbocycles. The Morgan fingerprint density at radius 3 is 2.40 bits per heavy atom. The lowest BCUT2D eigenvalue weighted by atomic mass is 10.1. The highest BCUT2D eigenvalue weighted by molar-refractivity contribution is 7.80. The Balaban J connectivity index is 1.21. The van der Waals surface area contributed by atoms with Gasteiger partial charge in [-0.05, 0) is 61.0 Å². The van der Waals surface area contributed by atoms with E-state index in [1.54, 1.807) is 36.4 Å². The fourth-order valence-electron chi connectivity index (χ4n) is 5.23. The van der Waals surface area contributed by atoms with Crippen molar-refractivity contribution in [2.24, 2.45) is 0 Å². The lowest BCUT2D eigenvalue weighted by Crippen LogP contribution is -2.56. The van der Waals surface area contributed by atoms with Gasteiger partial charge in [0.25, 0.3) is 11.3 Å². The molecule has 0 amide bonds. The number of aromatic nitrogens is 1. The van der Waals surface area contributed by atoms with Gasteiger partial charge in [0.15, 0.2) is 0 Å². The van der Waals surface area contributed by atoms with E-state index in [1.165, 1.54) is 16.4 Å². The number of aryl methyl sites for hydroxylation is 1. The van der Waals surface area contributed by atoms with Crippen molar-refractivity contribution >= 4 is 33.8 Å². The van der Waals surface area contributed by atoms with E-state index in [4.69, 9.17) is 4.74 Å². The Bertz CT molecular complexity index is 1550. The number of rotatable bonds is 11. The number of hydrogen-bond donors (Lipinski definition) is 2. The molecule has 1 aliphatic heterocycles. The molecule has 3 aromatic carbocycles. The second-order valence-corrected chi connectivity index (χ2v) is 11.2. The molecule has 1 aliphatic rings. The van der Waals surface area contributed by atoms with Gasteiger partial charge in [-0.3, -0.25) is 28.4 Å². The normalized spacial score (nSPS) is 15.8. The van der Waals surface area contributed by atoms with Crippen LogP contribution in [0, 0.1) is 12.7 Å². The number of nitrogens with zero attached hydrogens (tertiary/aromatic N) is 4. The number of carboxylic acid groups (broad SMARTS) is 1. The van der Waals surface area contributed by atoms with E-state index in [9.17, 15) is 23.1 Å². The summed E-state index contributed by atoms with van der Waals surface area (Å²) in [6.45, 7) is 4.96. The van der Waals surface area contributed by atoms with Crippen molar-refractivity contribution in [2.75, 3.05) is 37.0 Å². The predicted octanol–water partition coefficient (Wildman–Crippen LogP) is 4.48. The first-order chi connectivity index (χ1) is 20.3. The SMILES string of the molecule is Cc1cc(COc2ccc(N(CC(C(=O)O)N3CCN(Cc4ccc(F)cc4)CC3)S(=O)O)cc2)c2ccccc2n1. The van der Waals surface area contributed by atoms with Crippen molar-refractivity contribution in [3.63, 3.8) is 0 Å². The van der Waals surface area contributed by atoms with Crippen LogP contribution in [-0.2, 0) is 29.2 Å². The number of piperazine rings is 1. The second-order valence-electron chi connectivity index (χ2n) is 10.3. The predicted molar refractivity (Wildman–Crippen MR) is 160 cm³/mol. The van der Waals surface area contributed by atoms with Gasteiger partial charge in [-0.15, -0.1) is 0 Å². The first kappa shape index (κ1) is 29.6. The molecule has 1 saturated heterocycles. The summed E-state index contributed by atoms with van der Waals surface area (Å²) >= 11 is -2.44. The smallest absolute Gasteiger partial charge is 0.322 e. The number of halogens is 1. The largest absolute Gasteiger partial charge is 0.489 e. The summed E-state index contributed by atoms with van der Waals surface area (Å²) in [6.07, 6.45) is 0. The molecule has 2 heterocycles. The minimum absolute atomic E-state index is 0.168. The fourth-order valence-corrected chi connectivity index (χ4v) is 5.80. The zero-order valence-electron chi connectivity index (χ0n) is 23.2. The van der Waals surface area contributed by atoms with Crippen molar-refractivity contribution < 1.29 is 27.8 Å². The molecule has 2 unspecified atom stereocenters. The number of pyridine rings is 1. The van der Waals surface area contributed by atoms with Crippen LogP contribution < -0.4 is 9.04 Å². The number of ether oxygens (including phenoxy) is 1. The van der Waals surface area contributed by atoms with E-state index in [0.29, 0.717) is 50.8 Å². The number of anilines is 1. The van der Waals surface area contributed by atoms with Gasteiger partial charge in [0.2, 0.25) is 0 Å². The van der Waals surface area contributed by atoms with Gasteiger partial charge < -0.3 is 9.84 Å². The molecule has 9 nitrogen and oxygen atoms in total. The lowest BCUT2D eigenvalue weighted by molar-refractivity contribution is -0.143. The molecule has 1 fully saturated rings. The van der Waals surface area contributed by atoms with Crippen LogP contribution in [0.2, 0.25) is 0 Å². The van der Waals surface area contributed by atoms with Crippen molar-refractivity contribution in [1.29, 1.82) is 0 Å². The fraction of sp³-hybridized carbons (Fsp3) is 0.290. The van der Waals surface area contributed by atoms with Gasteiger partial charge in [0, 0.05) is 49.4 Å². The molecule has 42 heavy (non-hydrogen) atoms. The quantitative estimate of drug-likeness (QED) is 0.246. The second kappa shape index (κ2) is 13.4. The van der Waals surface area contributed by atoms with E-state index in [-0.39, 0.29) is 12.4 Å². The Morgan fingerprint density at radius 1 is 1.05 bits per heavy atom. The average molecular weight is 593 g/mol. The Labute approximate surface area is 246 Å². The van der Waals surface area contributed by atoms with Gasteiger partial charge in [-0.25, -0.2) is 8.60 Å². The number of benzene rings is 3. The molecule has 4 aromatic rings. The molecule has 0 spiro atoms. The monoisotopic (exact) mass is 592 g/mol. The Hall–Kier alpha value is -3.90. The topological polar surface area (TPSA) is 106 Å². The van der Waals surface area contributed by atoms with Gasteiger partial charge in [0.05, 0.1) is 17.7 Å². The summed E-state index contributed by atoms with van der Waals surface area (Å²) in [6, 6.07) is 21.9. The van der Waals surface area contributed by atoms with Crippen molar-refractivity contribution in [1.82, 2.24) is 14.8 Å². The van der Waals surface area contributed by atoms with Crippen LogP contribution in [0.3, 0.4) is 0 Å². The Morgan fingerprint density at radius 2 is 1.74 bits per heavy atom.